The molecule has 2 N–H and O–H groups in total. The van der Waals surface area contributed by atoms with Gasteiger partial charge < -0.3 is 5.73 Å². The Kier molecular flexibility index (Phi) is 3.50. The standard InChI is InChI=1S/C15H15BrFNS/c1-8-6-12(17)11(16)7-10(8)13-4-5-14(19-13)15(18)9-2-3-9/h4-7,9,15H,2-3,18H2,1H3. The largest absolute Gasteiger partial charge is 0.323 e. The summed E-state index contributed by atoms with van der Waals surface area (Å²) in [4.78, 5) is 2.39. The molecule has 1 aliphatic rings. The highest BCUT2D eigenvalue weighted by atomic mass is 79.9. The minimum absolute atomic E-state index is 0.169. The van der Waals surface area contributed by atoms with Crippen LogP contribution in [-0.4, -0.2) is 0 Å². The summed E-state index contributed by atoms with van der Waals surface area (Å²) in [6.45, 7) is 1.94. The maximum absolute atomic E-state index is 13.5. The molecule has 0 radical (unpaired) electrons. The van der Waals surface area contributed by atoms with Crippen LogP contribution in [0.2, 0.25) is 0 Å². The lowest BCUT2D eigenvalue weighted by Crippen LogP contribution is -2.10. The van der Waals surface area contributed by atoms with E-state index in [2.05, 4.69) is 28.1 Å². The van der Waals surface area contributed by atoms with Crippen LogP contribution in [0.3, 0.4) is 0 Å². The van der Waals surface area contributed by atoms with Crippen molar-refractivity contribution in [2.24, 2.45) is 11.7 Å². The Balaban J connectivity index is 1.96. The summed E-state index contributed by atoms with van der Waals surface area (Å²) in [6.07, 6.45) is 2.49. The molecular formula is C15H15BrFNS. The Morgan fingerprint density at radius 2 is 2.11 bits per heavy atom. The lowest BCUT2D eigenvalue weighted by molar-refractivity contribution is 0.620. The van der Waals surface area contributed by atoms with E-state index in [1.54, 1.807) is 17.4 Å². The van der Waals surface area contributed by atoms with Gasteiger partial charge in [0.2, 0.25) is 0 Å². The van der Waals surface area contributed by atoms with E-state index in [1.807, 2.05) is 13.0 Å². The van der Waals surface area contributed by atoms with Crippen LogP contribution < -0.4 is 5.73 Å². The molecule has 0 saturated heterocycles. The fourth-order valence-electron chi connectivity index (χ4n) is 2.28. The van der Waals surface area contributed by atoms with Crippen LogP contribution in [0.25, 0.3) is 10.4 Å². The zero-order chi connectivity index (χ0) is 13.6. The highest BCUT2D eigenvalue weighted by molar-refractivity contribution is 9.10. The predicted molar refractivity (Wildman–Crippen MR) is 81.8 cm³/mol. The quantitative estimate of drug-likeness (QED) is 0.833. The third kappa shape index (κ3) is 2.62. The lowest BCUT2D eigenvalue weighted by atomic mass is 10.1. The van der Waals surface area contributed by atoms with Crippen molar-refractivity contribution in [2.75, 3.05) is 0 Å². The molecule has 100 valence electrons. The molecule has 3 rings (SSSR count). The van der Waals surface area contributed by atoms with Crippen LogP contribution in [-0.2, 0) is 0 Å². The predicted octanol–water partition coefficient (Wildman–Crippen LogP) is 5.03. The van der Waals surface area contributed by atoms with Gasteiger partial charge in [0.25, 0.3) is 0 Å². The summed E-state index contributed by atoms with van der Waals surface area (Å²) in [5.41, 5.74) is 8.25. The van der Waals surface area contributed by atoms with E-state index in [-0.39, 0.29) is 11.9 Å². The zero-order valence-electron chi connectivity index (χ0n) is 10.6. The number of halogens is 2. The van der Waals surface area contributed by atoms with Gasteiger partial charge >= 0.3 is 0 Å². The smallest absolute Gasteiger partial charge is 0.137 e. The first kappa shape index (κ1) is 13.3. The number of rotatable bonds is 3. The van der Waals surface area contributed by atoms with Crippen LogP contribution in [0.5, 0.6) is 0 Å². The first-order valence-electron chi connectivity index (χ1n) is 6.37. The minimum atomic E-state index is -0.215. The SMILES string of the molecule is Cc1cc(F)c(Br)cc1-c1ccc(C(N)C2CC2)s1. The van der Waals surface area contributed by atoms with Gasteiger partial charge in [-0.1, -0.05) is 0 Å². The Morgan fingerprint density at radius 1 is 1.37 bits per heavy atom. The first-order chi connectivity index (χ1) is 9.06. The molecule has 1 unspecified atom stereocenters. The van der Waals surface area contributed by atoms with Gasteiger partial charge in [-0.25, -0.2) is 4.39 Å². The second-order valence-corrected chi connectivity index (χ2v) is 7.12. The molecule has 1 aromatic heterocycles. The van der Waals surface area contributed by atoms with E-state index >= 15 is 0 Å². The van der Waals surface area contributed by atoms with E-state index < -0.39 is 0 Å². The Labute approximate surface area is 124 Å². The van der Waals surface area contributed by atoms with Crippen molar-refractivity contribution in [3.63, 3.8) is 0 Å². The molecule has 1 saturated carbocycles. The van der Waals surface area contributed by atoms with Crippen molar-refractivity contribution in [1.29, 1.82) is 0 Å². The topological polar surface area (TPSA) is 26.0 Å². The fourth-order valence-corrected chi connectivity index (χ4v) is 3.80. The van der Waals surface area contributed by atoms with E-state index in [0.717, 1.165) is 16.0 Å². The molecule has 2 aromatic rings. The van der Waals surface area contributed by atoms with Gasteiger partial charge in [-0.05, 0) is 77.0 Å². The van der Waals surface area contributed by atoms with Crippen LogP contribution in [0.15, 0.2) is 28.7 Å². The lowest BCUT2D eigenvalue weighted by Gasteiger charge is -2.07. The normalized spacial score (nSPS) is 16.6. The minimum Gasteiger partial charge on any atom is -0.323 e. The molecule has 0 spiro atoms. The number of hydrogen-bond acceptors (Lipinski definition) is 2. The highest BCUT2D eigenvalue weighted by Crippen LogP contribution is 2.43. The summed E-state index contributed by atoms with van der Waals surface area (Å²) >= 11 is 4.97. The molecule has 4 heteroatoms. The molecule has 1 fully saturated rings. The van der Waals surface area contributed by atoms with Gasteiger partial charge in [0.05, 0.1) is 4.47 Å². The van der Waals surface area contributed by atoms with Gasteiger partial charge in [-0.2, -0.15) is 0 Å². The maximum Gasteiger partial charge on any atom is 0.137 e. The molecule has 0 amide bonds. The monoisotopic (exact) mass is 339 g/mol. The molecule has 1 nitrogen and oxygen atoms in total. The molecule has 1 heterocycles. The summed E-state index contributed by atoms with van der Waals surface area (Å²) in [7, 11) is 0. The van der Waals surface area contributed by atoms with Crippen molar-refractivity contribution in [3.8, 4) is 10.4 Å². The second kappa shape index (κ2) is 5.00. The molecule has 1 aliphatic carbocycles. The average Bonchev–Trinajstić information content (AvgIpc) is 3.11. The van der Waals surface area contributed by atoms with Crippen LogP contribution >= 0.6 is 27.3 Å². The van der Waals surface area contributed by atoms with E-state index in [4.69, 9.17) is 5.73 Å². The molecule has 0 aliphatic heterocycles. The Morgan fingerprint density at radius 3 is 2.79 bits per heavy atom. The third-order valence-electron chi connectivity index (χ3n) is 3.62. The van der Waals surface area contributed by atoms with Crippen molar-refractivity contribution in [3.05, 3.63) is 45.0 Å². The molecule has 1 atom stereocenters. The van der Waals surface area contributed by atoms with E-state index in [9.17, 15) is 4.39 Å². The maximum atomic E-state index is 13.5. The van der Waals surface area contributed by atoms with Gasteiger partial charge in [0.15, 0.2) is 0 Å². The molecular weight excluding hydrogens is 325 g/mol. The number of aryl methyl sites for hydroxylation is 1. The number of benzene rings is 1. The van der Waals surface area contributed by atoms with Gasteiger partial charge in [-0.15, -0.1) is 11.3 Å². The number of hydrogen-bond donors (Lipinski definition) is 1. The second-order valence-electron chi connectivity index (χ2n) is 5.15. The van der Waals surface area contributed by atoms with Crippen molar-refractivity contribution in [1.82, 2.24) is 0 Å². The van der Waals surface area contributed by atoms with Crippen molar-refractivity contribution >= 4 is 27.3 Å². The summed E-state index contributed by atoms with van der Waals surface area (Å²) < 4.78 is 14.0. The zero-order valence-corrected chi connectivity index (χ0v) is 13.0. The number of nitrogens with two attached hydrogens (primary N) is 1. The molecule has 1 aromatic carbocycles. The molecule has 0 bridgehead atoms. The van der Waals surface area contributed by atoms with E-state index in [0.29, 0.717) is 10.4 Å². The van der Waals surface area contributed by atoms with Crippen molar-refractivity contribution < 1.29 is 4.39 Å². The van der Waals surface area contributed by atoms with Crippen LogP contribution in [0, 0.1) is 18.7 Å². The first-order valence-corrected chi connectivity index (χ1v) is 7.98. The van der Waals surface area contributed by atoms with Crippen LogP contribution in [0.4, 0.5) is 4.39 Å². The Hall–Kier alpha value is -0.710. The van der Waals surface area contributed by atoms with Crippen LogP contribution in [0.1, 0.15) is 29.3 Å². The highest BCUT2D eigenvalue weighted by Gasteiger charge is 2.30. The third-order valence-corrected chi connectivity index (χ3v) is 5.45. The summed E-state index contributed by atoms with van der Waals surface area (Å²) in [6, 6.07) is 7.79. The van der Waals surface area contributed by atoms with Gasteiger partial charge in [0, 0.05) is 15.8 Å². The number of thiophene rings is 1. The van der Waals surface area contributed by atoms with E-state index in [1.165, 1.54) is 17.7 Å². The van der Waals surface area contributed by atoms with Crippen molar-refractivity contribution in [2.45, 2.75) is 25.8 Å². The van der Waals surface area contributed by atoms with Gasteiger partial charge in [0.1, 0.15) is 5.82 Å². The molecule has 19 heavy (non-hydrogen) atoms. The van der Waals surface area contributed by atoms with Gasteiger partial charge in [-0.3, -0.25) is 0 Å². The fraction of sp³-hybridized carbons (Fsp3) is 0.333. The average molecular weight is 340 g/mol. The Bertz CT molecular complexity index is 619. The summed E-state index contributed by atoms with van der Waals surface area (Å²) in [5.74, 6) is 0.445. The summed E-state index contributed by atoms with van der Waals surface area (Å²) in [5, 5.41) is 0.